The number of amides is 1. The molecule has 1 atom stereocenters. The van der Waals surface area contributed by atoms with Crippen molar-refractivity contribution in [1.29, 1.82) is 0 Å². The van der Waals surface area contributed by atoms with Gasteiger partial charge in [-0.3, -0.25) is 0 Å². The Labute approximate surface area is 160 Å². The fourth-order valence-corrected chi connectivity index (χ4v) is 2.61. The van der Waals surface area contributed by atoms with Crippen LogP contribution < -0.4 is 20.5 Å². The molecule has 0 bridgehead atoms. The fourth-order valence-electron chi connectivity index (χ4n) is 2.61. The van der Waals surface area contributed by atoms with Crippen molar-refractivity contribution in [3.05, 3.63) is 48.0 Å². The van der Waals surface area contributed by atoms with E-state index in [2.05, 4.69) is 5.32 Å². The van der Waals surface area contributed by atoms with Crippen molar-refractivity contribution >= 4 is 6.09 Å². The van der Waals surface area contributed by atoms with E-state index in [0.29, 0.717) is 17.9 Å². The molecule has 3 N–H and O–H groups in total. The van der Waals surface area contributed by atoms with Crippen LogP contribution in [0.1, 0.15) is 26.3 Å². The highest BCUT2D eigenvalue weighted by Gasteiger charge is 2.18. The van der Waals surface area contributed by atoms with E-state index < -0.39 is 17.9 Å². The van der Waals surface area contributed by atoms with Gasteiger partial charge in [-0.15, -0.1) is 0 Å². The Morgan fingerprint density at radius 2 is 1.59 bits per heavy atom. The molecule has 6 nitrogen and oxygen atoms in total. The van der Waals surface area contributed by atoms with Crippen LogP contribution in [0.4, 0.5) is 4.79 Å². The number of nitrogens with one attached hydrogen (secondary N) is 1. The third kappa shape index (κ3) is 6.18. The first-order chi connectivity index (χ1) is 12.7. The average Bonchev–Trinajstić information content (AvgIpc) is 2.59. The molecule has 0 saturated carbocycles. The number of ether oxygens (including phenoxy) is 3. The topological polar surface area (TPSA) is 82.8 Å². The number of nitrogens with two attached hydrogens (primary N) is 1. The summed E-state index contributed by atoms with van der Waals surface area (Å²) in [5, 5.41) is 2.65. The molecule has 0 aliphatic heterocycles. The maximum absolute atomic E-state index is 11.8. The quantitative estimate of drug-likeness (QED) is 0.755. The minimum absolute atomic E-state index is 0.505. The van der Waals surface area contributed by atoms with E-state index in [9.17, 15) is 4.79 Å². The molecule has 2 rings (SSSR count). The lowest BCUT2D eigenvalue weighted by Crippen LogP contribution is -2.45. The minimum atomic E-state index is -0.551. The Balaban J connectivity index is 2.02. The number of benzene rings is 2. The summed E-state index contributed by atoms with van der Waals surface area (Å²) >= 11 is 0. The van der Waals surface area contributed by atoms with E-state index in [4.69, 9.17) is 19.9 Å². The molecule has 1 unspecified atom stereocenters. The summed E-state index contributed by atoms with van der Waals surface area (Å²) in [6.07, 6.45) is -0.533. The van der Waals surface area contributed by atoms with Crippen molar-refractivity contribution in [2.24, 2.45) is 5.73 Å². The molecule has 2 aromatic rings. The van der Waals surface area contributed by atoms with Crippen LogP contribution >= 0.6 is 0 Å². The van der Waals surface area contributed by atoms with Crippen LogP contribution in [0.5, 0.6) is 11.5 Å². The van der Waals surface area contributed by atoms with Crippen LogP contribution in [-0.4, -0.2) is 32.1 Å². The Kier molecular flexibility index (Phi) is 6.69. The van der Waals surface area contributed by atoms with Gasteiger partial charge in [-0.25, -0.2) is 4.79 Å². The zero-order valence-electron chi connectivity index (χ0n) is 16.5. The van der Waals surface area contributed by atoms with Crippen LogP contribution in [0.3, 0.4) is 0 Å². The monoisotopic (exact) mass is 372 g/mol. The molecule has 0 aromatic heterocycles. The first kappa shape index (κ1) is 20.6. The highest BCUT2D eigenvalue weighted by molar-refractivity contribution is 5.68. The van der Waals surface area contributed by atoms with Crippen molar-refractivity contribution < 1.29 is 19.0 Å². The summed E-state index contributed by atoms with van der Waals surface area (Å²) in [6, 6.07) is 13.8. The molecule has 27 heavy (non-hydrogen) atoms. The van der Waals surface area contributed by atoms with Crippen LogP contribution in [0, 0.1) is 0 Å². The summed E-state index contributed by atoms with van der Waals surface area (Å²) in [4.78, 5) is 11.8. The van der Waals surface area contributed by atoms with Crippen molar-refractivity contribution in [2.45, 2.75) is 39.0 Å². The van der Waals surface area contributed by atoms with Gasteiger partial charge in [0.2, 0.25) is 0 Å². The summed E-state index contributed by atoms with van der Waals surface area (Å²) in [5.74, 6) is 1.37. The van der Waals surface area contributed by atoms with Gasteiger partial charge in [0.05, 0.1) is 20.4 Å². The number of alkyl carbamates (subject to hydrolysis) is 1. The SMILES string of the molecule is COc1ccc(-c2ccc(CC(N)NC(=O)OC(C)(C)C)cc2)cc1OC. The van der Waals surface area contributed by atoms with Crippen LogP contribution in [0.2, 0.25) is 0 Å². The van der Waals surface area contributed by atoms with Crippen LogP contribution in [-0.2, 0) is 11.2 Å². The normalized spacial score (nSPS) is 12.2. The average molecular weight is 372 g/mol. The Bertz CT molecular complexity index is 767. The summed E-state index contributed by atoms with van der Waals surface area (Å²) in [7, 11) is 3.23. The van der Waals surface area contributed by atoms with E-state index in [1.165, 1.54) is 0 Å². The van der Waals surface area contributed by atoms with Gasteiger partial charge in [0.25, 0.3) is 0 Å². The summed E-state index contributed by atoms with van der Waals surface area (Å²) < 4.78 is 15.8. The Morgan fingerprint density at radius 1 is 1.00 bits per heavy atom. The number of carbonyl (C=O) groups excluding carboxylic acids is 1. The minimum Gasteiger partial charge on any atom is -0.493 e. The number of methoxy groups -OCH3 is 2. The zero-order valence-corrected chi connectivity index (χ0v) is 16.5. The second kappa shape index (κ2) is 8.77. The van der Waals surface area contributed by atoms with Crippen molar-refractivity contribution in [3.8, 4) is 22.6 Å². The number of hydrogen-bond donors (Lipinski definition) is 2. The lowest BCUT2D eigenvalue weighted by atomic mass is 10.0. The highest BCUT2D eigenvalue weighted by atomic mass is 16.6. The molecule has 146 valence electrons. The lowest BCUT2D eigenvalue weighted by Gasteiger charge is -2.22. The predicted octanol–water partition coefficient (Wildman–Crippen LogP) is 3.72. The summed E-state index contributed by atoms with van der Waals surface area (Å²) in [6.45, 7) is 5.43. The molecule has 0 spiro atoms. The number of rotatable bonds is 6. The standard InChI is InChI=1S/C21H28N2O4/c1-21(2,3)27-20(24)23-19(22)12-14-6-8-15(9-7-14)16-10-11-17(25-4)18(13-16)26-5/h6-11,13,19H,12,22H2,1-5H3,(H,23,24). The van der Waals surface area contributed by atoms with Gasteiger partial charge in [-0.2, -0.15) is 0 Å². The fraction of sp³-hybridized carbons (Fsp3) is 0.381. The molecule has 0 fully saturated rings. The molecule has 1 amide bonds. The molecule has 0 saturated heterocycles. The molecule has 2 aromatic carbocycles. The van der Waals surface area contributed by atoms with Gasteiger partial charge < -0.3 is 25.3 Å². The smallest absolute Gasteiger partial charge is 0.408 e. The first-order valence-electron chi connectivity index (χ1n) is 8.78. The van der Waals surface area contributed by atoms with Gasteiger partial charge in [0.1, 0.15) is 5.60 Å². The van der Waals surface area contributed by atoms with Crippen LogP contribution in [0.25, 0.3) is 11.1 Å². The van der Waals surface area contributed by atoms with Gasteiger partial charge in [-0.1, -0.05) is 30.3 Å². The van der Waals surface area contributed by atoms with Gasteiger partial charge in [0, 0.05) is 6.42 Å². The molecule has 0 aliphatic rings. The molecule has 0 heterocycles. The molecular formula is C21H28N2O4. The van der Waals surface area contributed by atoms with Crippen LogP contribution in [0.15, 0.2) is 42.5 Å². The second-order valence-corrected chi connectivity index (χ2v) is 7.22. The number of carbonyl (C=O) groups is 1. The summed E-state index contributed by atoms with van der Waals surface area (Å²) in [5.41, 5.74) is 8.54. The van der Waals surface area contributed by atoms with E-state index in [1.807, 2.05) is 63.2 Å². The third-order valence-electron chi connectivity index (χ3n) is 3.83. The van der Waals surface area contributed by atoms with Crippen molar-refractivity contribution in [2.75, 3.05) is 14.2 Å². The van der Waals surface area contributed by atoms with Crippen molar-refractivity contribution in [3.63, 3.8) is 0 Å². The Hall–Kier alpha value is -2.73. The highest BCUT2D eigenvalue weighted by Crippen LogP contribution is 2.32. The molecule has 6 heteroatoms. The largest absolute Gasteiger partial charge is 0.493 e. The van der Waals surface area contributed by atoms with Gasteiger partial charge in [0.15, 0.2) is 11.5 Å². The first-order valence-corrected chi connectivity index (χ1v) is 8.78. The van der Waals surface area contributed by atoms with E-state index in [-0.39, 0.29) is 0 Å². The van der Waals surface area contributed by atoms with E-state index >= 15 is 0 Å². The van der Waals surface area contributed by atoms with E-state index in [0.717, 1.165) is 16.7 Å². The van der Waals surface area contributed by atoms with Crippen molar-refractivity contribution in [1.82, 2.24) is 5.32 Å². The lowest BCUT2D eigenvalue weighted by molar-refractivity contribution is 0.0506. The maximum atomic E-state index is 11.8. The maximum Gasteiger partial charge on any atom is 0.408 e. The van der Waals surface area contributed by atoms with E-state index in [1.54, 1.807) is 14.2 Å². The van der Waals surface area contributed by atoms with Gasteiger partial charge in [-0.05, 0) is 49.6 Å². The Morgan fingerprint density at radius 3 is 2.15 bits per heavy atom. The number of hydrogen-bond acceptors (Lipinski definition) is 5. The predicted molar refractivity (Wildman–Crippen MR) is 106 cm³/mol. The third-order valence-corrected chi connectivity index (χ3v) is 3.83. The zero-order chi connectivity index (χ0) is 20.0. The molecule has 0 aliphatic carbocycles. The molecular weight excluding hydrogens is 344 g/mol. The second-order valence-electron chi connectivity index (χ2n) is 7.22. The van der Waals surface area contributed by atoms with Gasteiger partial charge >= 0.3 is 6.09 Å². The molecule has 0 radical (unpaired) electrons.